The highest BCUT2D eigenvalue weighted by molar-refractivity contribution is 7.99. The first-order chi connectivity index (χ1) is 10.8. The number of nitrogens with zero attached hydrogens (tertiary/aromatic N) is 1. The minimum absolute atomic E-state index is 0.0289. The van der Waals surface area contributed by atoms with Crippen LogP contribution in [0.1, 0.15) is 32.1 Å². The van der Waals surface area contributed by atoms with E-state index in [9.17, 15) is 4.79 Å². The molecule has 0 amide bonds. The lowest BCUT2D eigenvalue weighted by molar-refractivity contribution is -0.198. The predicted octanol–water partition coefficient (Wildman–Crippen LogP) is 1.65. The van der Waals surface area contributed by atoms with Crippen LogP contribution in [0.25, 0.3) is 0 Å². The quantitative estimate of drug-likeness (QED) is 0.735. The summed E-state index contributed by atoms with van der Waals surface area (Å²) in [4.78, 5) is 14.2. The number of esters is 1. The van der Waals surface area contributed by atoms with E-state index in [4.69, 9.17) is 14.2 Å². The molecule has 4 aliphatic rings. The SMILES string of the molecule is O=C1C[C@@H]2C(N3CCSCC3)[C@@H](OC3CCCCO3)C[C@@H]2O1. The van der Waals surface area contributed by atoms with Crippen LogP contribution in [0.15, 0.2) is 0 Å². The van der Waals surface area contributed by atoms with Crippen molar-refractivity contribution in [2.24, 2.45) is 5.92 Å². The van der Waals surface area contributed by atoms with Gasteiger partial charge in [-0.25, -0.2) is 0 Å². The van der Waals surface area contributed by atoms with Gasteiger partial charge in [0.1, 0.15) is 6.10 Å². The normalized spacial score (nSPS) is 43.1. The highest BCUT2D eigenvalue weighted by atomic mass is 32.2. The second-order valence-corrected chi connectivity index (χ2v) is 7.97. The second-order valence-electron chi connectivity index (χ2n) is 6.74. The van der Waals surface area contributed by atoms with Crippen molar-refractivity contribution in [2.45, 2.75) is 56.6 Å². The first kappa shape index (κ1) is 15.2. The summed E-state index contributed by atoms with van der Waals surface area (Å²) >= 11 is 2.01. The number of rotatable bonds is 3. The highest BCUT2D eigenvalue weighted by Gasteiger charge is 2.53. The number of carbonyl (C=O) groups excluding carboxylic acids is 1. The monoisotopic (exact) mass is 327 g/mol. The van der Waals surface area contributed by atoms with Crippen molar-refractivity contribution in [2.75, 3.05) is 31.2 Å². The van der Waals surface area contributed by atoms with Crippen molar-refractivity contribution < 1.29 is 19.0 Å². The minimum atomic E-state index is -0.0602. The van der Waals surface area contributed by atoms with Crippen LogP contribution in [-0.4, -0.2) is 66.6 Å². The molecule has 3 aliphatic heterocycles. The Morgan fingerprint density at radius 1 is 1.23 bits per heavy atom. The number of hydrogen-bond acceptors (Lipinski definition) is 6. The molecule has 0 spiro atoms. The number of thioether (sulfide) groups is 1. The molecular formula is C16H25NO4S. The standard InChI is InChI=1S/C16H25NO4S/c18-14-9-11-12(20-14)10-13(21-15-3-1-2-6-19-15)16(11)17-4-7-22-8-5-17/h11-13,15-16H,1-10H2/t11-,12-,13-,15?,16?/m0/s1. The zero-order valence-corrected chi connectivity index (χ0v) is 13.8. The predicted molar refractivity (Wildman–Crippen MR) is 83.8 cm³/mol. The van der Waals surface area contributed by atoms with Crippen LogP contribution in [0.3, 0.4) is 0 Å². The third-order valence-corrected chi connectivity index (χ3v) is 6.32. The maximum atomic E-state index is 11.7. The van der Waals surface area contributed by atoms with Crippen LogP contribution in [0.2, 0.25) is 0 Å². The summed E-state index contributed by atoms with van der Waals surface area (Å²) in [5.41, 5.74) is 0. The van der Waals surface area contributed by atoms with E-state index in [1.54, 1.807) is 0 Å². The van der Waals surface area contributed by atoms with Crippen LogP contribution in [-0.2, 0) is 19.0 Å². The molecule has 2 unspecified atom stereocenters. The maximum absolute atomic E-state index is 11.7. The van der Waals surface area contributed by atoms with Gasteiger partial charge in [-0.05, 0) is 19.3 Å². The maximum Gasteiger partial charge on any atom is 0.306 e. The summed E-state index contributed by atoms with van der Waals surface area (Å²) < 4.78 is 17.6. The molecule has 1 aliphatic carbocycles. The number of ether oxygens (including phenoxy) is 3. The van der Waals surface area contributed by atoms with Crippen LogP contribution in [0.5, 0.6) is 0 Å². The van der Waals surface area contributed by atoms with E-state index in [1.165, 1.54) is 17.9 Å². The van der Waals surface area contributed by atoms with Crippen LogP contribution in [0.4, 0.5) is 0 Å². The molecule has 0 N–H and O–H groups in total. The van der Waals surface area contributed by atoms with Gasteiger partial charge in [0.05, 0.1) is 12.5 Å². The smallest absolute Gasteiger partial charge is 0.306 e. The van der Waals surface area contributed by atoms with Gasteiger partial charge in [-0.3, -0.25) is 9.69 Å². The zero-order valence-electron chi connectivity index (χ0n) is 12.9. The summed E-state index contributed by atoms with van der Waals surface area (Å²) in [6.45, 7) is 3.00. The molecule has 0 aromatic carbocycles. The molecule has 6 heteroatoms. The lowest BCUT2D eigenvalue weighted by Crippen LogP contribution is -2.50. The Bertz CT molecular complexity index is 409. The average Bonchev–Trinajstić information content (AvgIpc) is 3.04. The van der Waals surface area contributed by atoms with Gasteiger partial charge < -0.3 is 14.2 Å². The number of fused-ring (bicyclic) bond motifs is 1. The van der Waals surface area contributed by atoms with Gasteiger partial charge in [-0.15, -0.1) is 0 Å². The van der Waals surface area contributed by atoms with E-state index >= 15 is 0 Å². The fourth-order valence-electron chi connectivity index (χ4n) is 4.37. The highest BCUT2D eigenvalue weighted by Crippen LogP contribution is 2.42. The van der Waals surface area contributed by atoms with Crippen molar-refractivity contribution >= 4 is 17.7 Å². The third-order valence-electron chi connectivity index (χ3n) is 5.38. The molecule has 3 heterocycles. The topological polar surface area (TPSA) is 48.0 Å². The van der Waals surface area contributed by atoms with Gasteiger partial charge in [0.15, 0.2) is 6.29 Å². The van der Waals surface area contributed by atoms with Gasteiger partial charge in [0, 0.05) is 49.6 Å². The van der Waals surface area contributed by atoms with E-state index < -0.39 is 0 Å². The van der Waals surface area contributed by atoms with E-state index in [2.05, 4.69) is 4.90 Å². The van der Waals surface area contributed by atoms with E-state index in [1.807, 2.05) is 11.8 Å². The third kappa shape index (κ3) is 3.03. The summed E-state index contributed by atoms with van der Waals surface area (Å²) in [7, 11) is 0. The molecule has 0 bridgehead atoms. The summed E-state index contributed by atoms with van der Waals surface area (Å²) in [6, 6.07) is 0.322. The van der Waals surface area contributed by atoms with Gasteiger partial charge in [0.2, 0.25) is 0 Å². The molecule has 124 valence electrons. The largest absolute Gasteiger partial charge is 0.462 e. The lowest BCUT2D eigenvalue weighted by Gasteiger charge is -2.38. The fourth-order valence-corrected chi connectivity index (χ4v) is 5.30. The van der Waals surface area contributed by atoms with Crippen molar-refractivity contribution in [1.82, 2.24) is 4.90 Å². The number of carbonyl (C=O) groups is 1. The molecule has 0 radical (unpaired) electrons. The minimum Gasteiger partial charge on any atom is -0.462 e. The van der Waals surface area contributed by atoms with E-state index in [-0.39, 0.29) is 24.5 Å². The Morgan fingerprint density at radius 2 is 2.09 bits per heavy atom. The molecule has 1 saturated carbocycles. The molecule has 3 saturated heterocycles. The van der Waals surface area contributed by atoms with Gasteiger partial charge in [-0.2, -0.15) is 11.8 Å². The first-order valence-electron chi connectivity index (χ1n) is 8.59. The molecule has 4 fully saturated rings. The second kappa shape index (κ2) is 6.67. The lowest BCUT2D eigenvalue weighted by atomic mass is 9.97. The molecule has 0 aromatic heterocycles. The molecule has 5 atom stereocenters. The summed E-state index contributed by atoms with van der Waals surface area (Å²) in [6.07, 6.45) is 4.86. The Hall–Kier alpha value is -0.300. The van der Waals surface area contributed by atoms with Crippen molar-refractivity contribution in [3.8, 4) is 0 Å². The van der Waals surface area contributed by atoms with Crippen molar-refractivity contribution in [3.05, 3.63) is 0 Å². The molecule has 22 heavy (non-hydrogen) atoms. The van der Waals surface area contributed by atoms with Gasteiger partial charge in [-0.1, -0.05) is 0 Å². The van der Waals surface area contributed by atoms with Gasteiger partial charge >= 0.3 is 5.97 Å². The van der Waals surface area contributed by atoms with Crippen LogP contribution >= 0.6 is 11.8 Å². The Balaban J connectivity index is 1.47. The summed E-state index contributed by atoms with van der Waals surface area (Å²) in [5, 5.41) is 0. The Morgan fingerprint density at radius 3 is 2.86 bits per heavy atom. The molecule has 4 rings (SSSR count). The first-order valence-corrected chi connectivity index (χ1v) is 9.75. The Labute approximate surface area is 136 Å². The average molecular weight is 327 g/mol. The van der Waals surface area contributed by atoms with Crippen LogP contribution in [0, 0.1) is 5.92 Å². The van der Waals surface area contributed by atoms with E-state index in [0.29, 0.717) is 18.4 Å². The molecular weight excluding hydrogens is 302 g/mol. The Kier molecular flexibility index (Phi) is 4.62. The van der Waals surface area contributed by atoms with Crippen molar-refractivity contribution in [1.29, 1.82) is 0 Å². The fraction of sp³-hybridized carbons (Fsp3) is 0.938. The summed E-state index contributed by atoms with van der Waals surface area (Å²) in [5.74, 6) is 2.63. The van der Waals surface area contributed by atoms with Crippen LogP contribution < -0.4 is 0 Å². The molecule has 0 aromatic rings. The number of hydrogen-bond donors (Lipinski definition) is 0. The molecule has 5 nitrogen and oxygen atoms in total. The van der Waals surface area contributed by atoms with Crippen molar-refractivity contribution in [3.63, 3.8) is 0 Å². The van der Waals surface area contributed by atoms with E-state index in [0.717, 1.165) is 39.0 Å². The van der Waals surface area contributed by atoms with Gasteiger partial charge in [0.25, 0.3) is 0 Å². The zero-order chi connectivity index (χ0) is 14.9.